The first-order chi connectivity index (χ1) is 8.66. The van der Waals surface area contributed by atoms with E-state index in [1.165, 1.54) is 4.90 Å². The molecule has 4 heteroatoms. The van der Waals surface area contributed by atoms with Crippen LogP contribution in [-0.2, 0) is 4.79 Å². The van der Waals surface area contributed by atoms with E-state index in [1.807, 2.05) is 17.5 Å². The van der Waals surface area contributed by atoms with Gasteiger partial charge in [0.2, 0.25) is 0 Å². The van der Waals surface area contributed by atoms with Crippen LogP contribution in [0.4, 0.5) is 5.69 Å². The predicted octanol–water partition coefficient (Wildman–Crippen LogP) is 3.13. The molecule has 1 aromatic carbocycles. The van der Waals surface area contributed by atoms with E-state index in [9.17, 15) is 9.90 Å². The molecular weight excluding hydrogens is 246 g/mol. The van der Waals surface area contributed by atoms with Crippen molar-refractivity contribution in [2.45, 2.75) is 0 Å². The summed E-state index contributed by atoms with van der Waals surface area (Å²) in [5, 5.41) is 11.2. The van der Waals surface area contributed by atoms with Crippen LogP contribution in [0.3, 0.4) is 0 Å². The monoisotopic (exact) mass is 259 g/mol. The maximum atomic E-state index is 11.9. The van der Waals surface area contributed by atoms with Crippen LogP contribution in [-0.4, -0.2) is 18.1 Å². The second-order valence-electron chi connectivity index (χ2n) is 3.76. The quantitative estimate of drug-likeness (QED) is 0.860. The average molecular weight is 259 g/mol. The van der Waals surface area contributed by atoms with Gasteiger partial charge in [0.15, 0.2) is 0 Å². The van der Waals surface area contributed by atoms with Gasteiger partial charge in [0.05, 0.1) is 0 Å². The minimum Gasteiger partial charge on any atom is -0.508 e. The highest BCUT2D eigenvalue weighted by molar-refractivity contribution is 7.10. The summed E-state index contributed by atoms with van der Waals surface area (Å²) in [7, 11) is 1.70. The van der Waals surface area contributed by atoms with E-state index in [4.69, 9.17) is 0 Å². The molecule has 0 radical (unpaired) electrons. The molecule has 0 saturated carbocycles. The standard InChI is InChI=1S/C14H13NO2S/c1-15(11-4-6-12(16)7-5-11)14(17)9-8-13-3-2-10-18-13/h2-10,16H,1H3/b9-8+. The number of phenolic OH excluding ortho intramolecular Hbond substituents is 1. The van der Waals surface area contributed by atoms with Crippen molar-refractivity contribution in [2.75, 3.05) is 11.9 Å². The maximum absolute atomic E-state index is 11.9. The van der Waals surface area contributed by atoms with Gasteiger partial charge in [-0.05, 0) is 41.8 Å². The number of rotatable bonds is 3. The summed E-state index contributed by atoms with van der Waals surface area (Å²) in [6.45, 7) is 0. The molecular formula is C14H13NO2S. The molecule has 1 amide bonds. The third-order valence-electron chi connectivity index (χ3n) is 2.50. The van der Waals surface area contributed by atoms with Crippen molar-refractivity contribution < 1.29 is 9.90 Å². The van der Waals surface area contributed by atoms with E-state index in [1.54, 1.807) is 54.8 Å². The Morgan fingerprint density at radius 1 is 1.28 bits per heavy atom. The van der Waals surface area contributed by atoms with Gasteiger partial charge in [0.1, 0.15) is 5.75 Å². The predicted molar refractivity (Wildman–Crippen MR) is 74.9 cm³/mol. The third-order valence-corrected chi connectivity index (χ3v) is 3.34. The molecule has 18 heavy (non-hydrogen) atoms. The fraction of sp³-hybridized carbons (Fsp3) is 0.0714. The summed E-state index contributed by atoms with van der Waals surface area (Å²) in [5.74, 6) is 0.0859. The Bertz CT molecular complexity index is 544. The van der Waals surface area contributed by atoms with Crippen LogP contribution < -0.4 is 4.90 Å². The minimum absolute atomic E-state index is 0.103. The highest BCUT2D eigenvalue weighted by Gasteiger charge is 2.07. The number of thiophene rings is 1. The number of carbonyl (C=O) groups excluding carboxylic acids is 1. The van der Waals surface area contributed by atoms with E-state index in [0.717, 1.165) is 10.6 Å². The molecule has 0 aliphatic carbocycles. The van der Waals surface area contributed by atoms with E-state index in [2.05, 4.69) is 0 Å². The maximum Gasteiger partial charge on any atom is 0.250 e. The number of phenols is 1. The van der Waals surface area contributed by atoms with Crippen LogP contribution in [0, 0.1) is 0 Å². The molecule has 1 N–H and O–H groups in total. The normalized spacial score (nSPS) is 10.7. The summed E-state index contributed by atoms with van der Waals surface area (Å²) >= 11 is 1.58. The van der Waals surface area contributed by atoms with Crippen LogP contribution in [0.2, 0.25) is 0 Å². The van der Waals surface area contributed by atoms with Crippen molar-refractivity contribution in [1.29, 1.82) is 0 Å². The smallest absolute Gasteiger partial charge is 0.250 e. The SMILES string of the molecule is CN(C(=O)/C=C/c1cccs1)c1ccc(O)cc1. The zero-order valence-electron chi connectivity index (χ0n) is 9.91. The van der Waals surface area contributed by atoms with Crippen molar-refractivity contribution in [3.8, 4) is 5.75 Å². The zero-order valence-corrected chi connectivity index (χ0v) is 10.7. The van der Waals surface area contributed by atoms with Crippen molar-refractivity contribution in [2.24, 2.45) is 0 Å². The van der Waals surface area contributed by atoms with Gasteiger partial charge >= 0.3 is 0 Å². The lowest BCUT2D eigenvalue weighted by atomic mass is 10.2. The molecule has 0 bridgehead atoms. The number of aromatic hydroxyl groups is 1. The van der Waals surface area contributed by atoms with Gasteiger partial charge in [-0.2, -0.15) is 0 Å². The largest absolute Gasteiger partial charge is 0.508 e. The first-order valence-corrected chi connectivity index (χ1v) is 6.33. The number of carbonyl (C=O) groups is 1. The number of hydrogen-bond acceptors (Lipinski definition) is 3. The number of hydrogen-bond donors (Lipinski definition) is 1. The van der Waals surface area contributed by atoms with E-state index < -0.39 is 0 Å². The van der Waals surface area contributed by atoms with Gasteiger partial charge in [0, 0.05) is 23.7 Å². The average Bonchev–Trinajstić information content (AvgIpc) is 2.89. The first-order valence-electron chi connectivity index (χ1n) is 5.45. The van der Waals surface area contributed by atoms with Crippen LogP contribution in [0.5, 0.6) is 5.75 Å². The van der Waals surface area contributed by atoms with Gasteiger partial charge < -0.3 is 10.0 Å². The molecule has 92 valence electrons. The molecule has 0 aliphatic heterocycles. The van der Waals surface area contributed by atoms with Crippen LogP contribution >= 0.6 is 11.3 Å². The van der Waals surface area contributed by atoms with Crippen molar-refractivity contribution in [3.63, 3.8) is 0 Å². The summed E-state index contributed by atoms with van der Waals surface area (Å²) in [4.78, 5) is 14.5. The third kappa shape index (κ3) is 2.99. The Morgan fingerprint density at radius 3 is 2.61 bits per heavy atom. The van der Waals surface area contributed by atoms with Crippen molar-refractivity contribution in [1.82, 2.24) is 0 Å². The fourth-order valence-corrected chi connectivity index (χ4v) is 2.07. The summed E-state index contributed by atoms with van der Waals surface area (Å²) in [6, 6.07) is 10.4. The Kier molecular flexibility index (Phi) is 3.79. The van der Waals surface area contributed by atoms with Gasteiger partial charge in [-0.15, -0.1) is 11.3 Å². The number of likely N-dealkylation sites (N-methyl/N-ethyl adjacent to an activating group) is 1. The Balaban J connectivity index is 2.07. The topological polar surface area (TPSA) is 40.5 Å². The number of benzene rings is 1. The Hall–Kier alpha value is -2.07. The van der Waals surface area contributed by atoms with Gasteiger partial charge in [-0.1, -0.05) is 6.07 Å². The van der Waals surface area contributed by atoms with E-state index in [0.29, 0.717) is 0 Å². The van der Waals surface area contributed by atoms with Crippen LogP contribution in [0.25, 0.3) is 6.08 Å². The number of amides is 1. The summed E-state index contributed by atoms with van der Waals surface area (Å²) < 4.78 is 0. The second-order valence-corrected chi connectivity index (χ2v) is 4.74. The van der Waals surface area contributed by atoms with Gasteiger partial charge in [0.25, 0.3) is 5.91 Å². The first kappa shape index (κ1) is 12.4. The molecule has 0 saturated heterocycles. The molecule has 0 unspecified atom stereocenters. The highest BCUT2D eigenvalue weighted by atomic mass is 32.1. The highest BCUT2D eigenvalue weighted by Crippen LogP contribution is 2.18. The van der Waals surface area contributed by atoms with E-state index in [-0.39, 0.29) is 11.7 Å². The minimum atomic E-state index is -0.103. The van der Waals surface area contributed by atoms with E-state index >= 15 is 0 Å². The molecule has 3 nitrogen and oxygen atoms in total. The fourth-order valence-electron chi connectivity index (χ4n) is 1.45. The molecule has 2 rings (SSSR count). The van der Waals surface area contributed by atoms with Crippen LogP contribution in [0.15, 0.2) is 47.9 Å². The molecule has 1 heterocycles. The molecule has 0 atom stereocenters. The van der Waals surface area contributed by atoms with Gasteiger partial charge in [-0.3, -0.25) is 4.79 Å². The molecule has 0 fully saturated rings. The molecule has 2 aromatic rings. The Morgan fingerprint density at radius 2 is 2.00 bits per heavy atom. The second kappa shape index (κ2) is 5.51. The molecule has 0 spiro atoms. The lowest BCUT2D eigenvalue weighted by Gasteiger charge is -2.14. The molecule has 0 aliphatic rings. The van der Waals surface area contributed by atoms with Crippen LogP contribution in [0.1, 0.15) is 4.88 Å². The zero-order chi connectivity index (χ0) is 13.0. The summed E-state index contributed by atoms with van der Waals surface area (Å²) in [6.07, 6.45) is 3.34. The number of anilines is 1. The lowest BCUT2D eigenvalue weighted by molar-refractivity contribution is -0.113. The Labute approximate surface area is 110 Å². The molecule has 1 aromatic heterocycles. The lowest BCUT2D eigenvalue weighted by Crippen LogP contribution is -2.23. The summed E-state index contributed by atoms with van der Waals surface area (Å²) in [5.41, 5.74) is 0.744. The van der Waals surface area contributed by atoms with Crippen molar-refractivity contribution in [3.05, 3.63) is 52.7 Å². The van der Waals surface area contributed by atoms with Gasteiger partial charge in [-0.25, -0.2) is 0 Å². The van der Waals surface area contributed by atoms with Crippen molar-refractivity contribution >= 4 is 29.0 Å². The number of nitrogens with zero attached hydrogens (tertiary/aromatic N) is 1.